The molecule has 0 N–H and O–H groups in total. The van der Waals surface area contributed by atoms with Gasteiger partial charge in [-0.1, -0.05) is 230 Å². The number of aromatic nitrogens is 1. The highest BCUT2D eigenvalue weighted by Gasteiger charge is 2.26. The van der Waals surface area contributed by atoms with E-state index in [9.17, 15) is 0 Å². The van der Waals surface area contributed by atoms with Crippen molar-refractivity contribution >= 4 is 81.1 Å². The van der Waals surface area contributed by atoms with E-state index in [-0.39, 0.29) is 10.8 Å². The number of fused-ring (bicyclic) bond motifs is 7. The van der Waals surface area contributed by atoms with Gasteiger partial charge in [0.1, 0.15) is 0 Å². The summed E-state index contributed by atoms with van der Waals surface area (Å²) >= 11 is 1.87. The summed E-state index contributed by atoms with van der Waals surface area (Å²) in [4.78, 5) is 2.52. The van der Waals surface area contributed by atoms with Gasteiger partial charge in [-0.3, -0.25) is 0 Å². The molecule has 0 saturated heterocycles. The molecular formula is C72H58N2S. The summed E-state index contributed by atoms with van der Waals surface area (Å²) in [7, 11) is 0. The van der Waals surface area contributed by atoms with E-state index < -0.39 is 0 Å². The molecule has 0 bridgehead atoms. The van der Waals surface area contributed by atoms with Crippen LogP contribution in [0.15, 0.2) is 243 Å². The fraction of sp³-hybridized carbons (Fsp3) is 0.111. The normalized spacial score (nSPS) is 12.1. The van der Waals surface area contributed by atoms with Crippen molar-refractivity contribution in [3.63, 3.8) is 0 Å². The zero-order valence-electron chi connectivity index (χ0n) is 43.4. The van der Waals surface area contributed by atoms with Crippen LogP contribution in [0.3, 0.4) is 0 Å². The number of para-hydroxylation sites is 5. The second kappa shape index (κ2) is 18.2. The fourth-order valence-corrected chi connectivity index (χ4v) is 12.7. The SMILES string of the molecule is CC(C)(C)c1cc(-c2cccc3cccc(-c4ccccc4N(c4ccc(-c5cccc6sc7ccccc7c56)cc4)c4ccccc4-c4cccc5c6ccccc6n(-c6ccccc6)c45)c23)cc(C(C)(C)C)c1. The Morgan fingerprint density at radius 3 is 1.56 bits per heavy atom. The highest BCUT2D eigenvalue weighted by atomic mass is 32.1. The fourth-order valence-electron chi connectivity index (χ4n) is 11.5. The van der Waals surface area contributed by atoms with Gasteiger partial charge in [0.2, 0.25) is 0 Å². The van der Waals surface area contributed by atoms with Gasteiger partial charge < -0.3 is 9.47 Å². The molecule has 0 aliphatic rings. The van der Waals surface area contributed by atoms with E-state index in [0.717, 1.165) is 33.9 Å². The Morgan fingerprint density at radius 2 is 0.867 bits per heavy atom. The summed E-state index contributed by atoms with van der Waals surface area (Å²) in [5, 5.41) is 7.53. The van der Waals surface area contributed by atoms with Gasteiger partial charge in [-0.25, -0.2) is 0 Å². The number of nitrogens with zero attached hydrogens (tertiary/aromatic N) is 2. The Hall–Kier alpha value is -8.50. The Kier molecular flexibility index (Phi) is 11.2. The molecule has 0 fully saturated rings. The number of hydrogen-bond acceptors (Lipinski definition) is 2. The van der Waals surface area contributed by atoms with E-state index in [1.165, 1.54) is 97.3 Å². The first kappa shape index (κ1) is 46.3. The summed E-state index contributed by atoms with van der Waals surface area (Å²) < 4.78 is 5.07. The molecule has 0 unspecified atom stereocenters. The maximum absolute atomic E-state index is 2.52. The van der Waals surface area contributed by atoms with Crippen LogP contribution < -0.4 is 4.90 Å². The van der Waals surface area contributed by atoms with Gasteiger partial charge in [0, 0.05) is 59.0 Å². The van der Waals surface area contributed by atoms with Crippen LogP contribution in [-0.2, 0) is 10.8 Å². The molecule has 0 spiro atoms. The molecule has 0 atom stereocenters. The standard InChI is InChI=1S/C72H58N2S/c1-71(2,3)50-44-49(45-51(46-50)72(4,5)6)55-30-18-22-48-23-19-32-59(68(48)55)56-26-10-14-35-63(56)73(53-42-40-47(41-43-53)54-31-21-39-67-69(54)62-29-13-17-38-66(62)75-67)64-36-15-11-27-57(64)60-33-20-34-61-58-28-12-16-37-65(58)74(70(60)61)52-24-8-7-9-25-52/h7-46H,1-6H3. The Labute approximate surface area is 444 Å². The number of rotatable bonds is 8. The monoisotopic (exact) mass is 982 g/mol. The summed E-state index contributed by atoms with van der Waals surface area (Å²) in [6.07, 6.45) is 0. The Bertz CT molecular complexity index is 4270. The van der Waals surface area contributed by atoms with Crippen LogP contribution in [0.1, 0.15) is 52.7 Å². The van der Waals surface area contributed by atoms with E-state index in [2.05, 4.69) is 294 Å². The Balaban J connectivity index is 1.07. The lowest BCUT2D eigenvalue weighted by atomic mass is 9.78. The quantitative estimate of drug-likeness (QED) is 0.147. The van der Waals surface area contributed by atoms with Gasteiger partial charge in [0.25, 0.3) is 0 Å². The molecule has 2 heterocycles. The molecule has 362 valence electrons. The van der Waals surface area contributed by atoms with E-state index in [0.29, 0.717) is 0 Å². The van der Waals surface area contributed by atoms with Crippen molar-refractivity contribution in [1.29, 1.82) is 0 Å². The lowest BCUT2D eigenvalue weighted by molar-refractivity contribution is 0.569. The number of anilines is 3. The van der Waals surface area contributed by atoms with Gasteiger partial charge in [-0.15, -0.1) is 11.3 Å². The van der Waals surface area contributed by atoms with Gasteiger partial charge in [0.05, 0.1) is 22.4 Å². The van der Waals surface area contributed by atoms with Crippen molar-refractivity contribution < 1.29 is 0 Å². The Morgan fingerprint density at radius 1 is 0.360 bits per heavy atom. The van der Waals surface area contributed by atoms with Crippen LogP contribution in [0.4, 0.5) is 17.1 Å². The number of thiophene rings is 1. The van der Waals surface area contributed by atoms with Crippen LogP contribution in [0, 0.1) is 0 Å². The molecule has 0 saturated carbocycles. The largest absolute Gasteiger partial charge is 0.309 e. The molecule has 2 aromatic heterocycles. The number of hydrogen-bond donors (Lipinski definition) is 0. The predicted octanol–water partition coefficient (Wildman–Crippen LogP) is 21.0. The lowest BCUT2D eigenvalue weighted by Gasteiger charge is -2.30. The molecule has 75 heavy (non-hydrogen) atoms. The van der Waals surface area contributed by atoms with Crippen LogP contribution >= 0.6 is 11.3 Å². The van der Waals surface area contributed by atoms with E-state index in [4.69, 9.17) is 0 Å². The van der Waals surface area contributed by atoms with Crippen molar-refractivity contribution in [3.05, 3.63) is 254 Å². The molecule has 0 aliphatic heterocycles. The topological polar surface area (TPSA) is 8.17 Å². The van der Waals surface area contributed by atoms with E-state index in [1.54, 1.807) is 0 Å². The second-order valence-electron chi connectivity index (χ2n) is 22.1. The van der Waals surface area contributed by atoms with E-state index >= 15 is 0 Å². The molecule has 11 aromatic carbocycles. The summed E-state index contributed by atoms with van der Waals surface area (Å²) in [5.41, 5.74) is 19.0. The van der Waals surface area contributed by atoms with Crippen LogP contribution in [0.25, 0.3) is 103 Å². The second-order valence-corrected chi connectivity index (χ2v) is 23.2. The predicted molar refractivity (Wildman–Crippen MR) is 325 cm³/mol. The average Bonchev–Trinajstić information content (AvgIpc) is 4.00. The zero-order valence-corrected chi connectivity index (χ0v) is 44.2. The van der Waals surface area contributed by atoms with Crippen LogP contribution in [-0.4, -0.2) is 4.57 Å². The van der Waals surface area contributed by atoms with Gasteiger partial charge in [-0.2, -0.15) is 0 Å². The van der Waals surface area contributed by atoms with E-state index in [1.807, 2.05) is 11.3 Å². The average molecular weight is 983 g/mol. The molecular weight excluding hydrogens is 925 g/mol. The summed E-state index contributed by atoms with van der Waals surface area (Å²) in [5.74, 6) is 0. The van der Waals surface area contributed by atoms with Crippen molar-refractivity contribution in [2.75, 3.05) is 4.90 Å². The third-order valence-corrected chi connectivity index (χ3v) is 16.4. The first-order valence-electron chi connectivity index (χ1n) is 26.2. The molecule has 3 heteroatoms. The van der Waals surface area contributed by atoms with Gasteiger partial charge >= 0.3 is 0 Å². The highest BCUT2D eigenvalue weighted by Crippen LogP contribution is 2.50. The molecule has 0 amide bonds. The molecule has 13 rings (SSSR count). The first-order valence-corrected chi connectivity index (χ1v) is 27.1. The minimum atomic E-state index is -0.0245. The van der Waals surface area contributed by atoms with Crippen molar-refractivity contribution in [1.82, 2.24) is 4.57 Å². The minimum absolute atomic E-state index is 0.0245. The van der Waals surface area contributed by atoms with Gasteiger partial charge in [0.15, 0.2) is 0 Å². The molecule has 0 radical (unpaired) electrons. The molecule has 2 nitrogen and oxygen atoms in total. The lowest BCUT2D eigenvalue weighted by Crippen LogP contribution is -2.16. The highest BCUT2D eigenvalue weighted by molar-refractivity contribution is 7.25. The zero-order chi connectivity index (χ0) is 51.0. The smallest absolute Gasteiger partial charge is 0.0620 e. The summed E-state index contributed by atoms with van der Waals surface area (Å²) in [6.45, 7) is 14.0. The van der Waals surface area contributed by atoms with Crippen molar-refractivity contribution in [2.45, 2.75) is 52.4 Å². The van der Waals surface area contributed by atoms with Gasteiger partial charge in [-0.05, 0) is 115 Å². The maximum Gasteiger partial charge on any atom is 0.0620 e. The summed E-state index contributed by atoms with van der Waals surface area (Å²) in [6, 6.07) is 90.4. The molecule has 0 aliphatic carbocycles. The van der Waals surface area contributed by atoms with Crippen molar-refractivity contribution in [3.8, 4) is 50.2 Å². The van der Waals surface area contributed by atoms with Crippen molar-refractivity contribution in [2.24, 2.45) is 0 Å². The minimum Gasteiger partial charge on any atom is -0.309 e. The molecule has 13 aromatic rings. The number of benzene rings is 11. The van der Waals surface area contributed by atoms with Crippen LogP contribution in [0.5, 0.6) is 0 Å². The van der Waals surface area contributed by atoms with Crippen LogP contribution in [0.2, 0.25) is 0 Å². The third-order valence-electron chi connectivity index (χ3n) is 15.3. The first-order chi connectivity index (χ1) is 36.5. The third kappa shape index (κ3) is 8.02. The maximum atomic E-state index is 2.52.